The van der Waals surface area contributed by atoms with Crippen LogP contribution in [-0.4, -0.2) is 54.0 Å². The molecule has 0 aromatic heterocycles. The summed E-state index contributed by atoms with van der Waals surface area (Å²) in [5, 5.41) is 0. The van der Waals surface area contributed by atoms with Crippen LogP contribution in [0.4, 0.5) is 13.2 Å². The number of rotatable bonds is 3. The lowest BCUT2D eigenvalue weighted by atomic mass is 9.78. The Morgan fingerprint density at radius 2 is 1.48 bits per heavy atom. The second-order valence-corrected chi connectivity index (χ2v) is 8.43. The Morgan fingerprint density at radius 1 is 0.931 bits per heavy atom. The van der Waals surface area contributed by atoms with Gasteiger partial charge in [0.05, 0.1) is 5.92 Å². The molecular weight excluding hydrogens is 381 g/mol. The van der Waals surface area contributed by atoms with Gasteiger partial charge in [-0.1, -0.05) is 38.8 Å². The number of carbonyl (C=O) groups is 2. The van der Waals surface area contributed by atoms with Gasteiger partial charge < -0.3 is 9.80 Å². The number of alkyl halides is 3. The van der Waals surface area contributed by atoms with Crippen LogP contribution in [0.2, 0.25) is 0 Å². The maximum atomic E-state index is 13.3. The summed E-state index contributed by atoms with van der Waals surface area (Å²) in [6.07, 6.45) is -2.82. The number of hydrogen-bond acceptors (Lipinski definition) is 2. The van der Waals surface area contributed by atoms with E-state index < -0.39 is 23.9 Å². The SMILES string of the molecule is CC(C)c1ccc(C(=O)N2CCN(C(=O)C3CCCCC3C(F)(F)F)CC2)cc1. The Balaban J connectivity index is 1.59. The zero-order valence-corrected chi connectivity index (χ0v) is 17.0. The molecule has 2 atom stereocenters. The van der Waals surface area contributed by atoms with Gasteiger partial charge >= 0.3 is 6.18 Å². The van der Waals surface area contributed by atoms with Crippen molar-refractivity contribution in [2.24, 2.45) is 11.8 Å². The number of amides is 2. The van der Waals surface area contributed by atoms with Crippen LogP contribution in [0.25, 0.3) is 0 Å². The molecule has 4 nitrogen and oxygen atoms in total. The number of halogens is 3. The maximum Gasteiger partial charge on any atom is 0.392 e. The Kier molecular flexibility index (Phi) is 6.54. The van der Waals surface area contributed by atoms with Crippen LogP contribution in [0, 0.1) is 11.8 Å². The molecule has 0 bridgehead atoms. The first-order valence-corrected chi connectivity index (χ1v) is 10.4. The highest BCUT2D eigenvalue weighted by Crippen LogP contribution is 2.42. The van der Waals surface area contributed by atoms with Gasteiger partial charge in [0, 0.05) is 37.7 Å². The Bertz CT molecular complexity index is 723. The first-order valence-electron chi connectivity index (χ1n) is 10.4. The molecule has 29 heavy (non-hydrogen) atoms. The topological polar surface area (TPSA) is 40.6 Å². The lowest BCUT2D eigenvalue weighted by Gasteiger charge is -2.39. The zero-order chi connectivity index (χ0) is 21.2. The molecule has 1 heterocycles. The minimum atomic E-state index is -4.33. The summed E-state index contributed by atoms with van der Waals surface area (Å²) in [5.41, 5.74) is 1.75. The van der Waals surface area contributed by atoms with Crippen LogP contribution >= 0.6 is 0 Å². The Hall–Kier alpha value is -2.05. The van der Waals surface area contributed by atoms with Crippen LogP contribution in [0.5, 0.6) is 0 Å². The fourth-order valence-electron chi connectivity index (χ4n) is 4.38. The summed E-state index contributed by atoms with van der Waals surface area (Å²) in [5.74, 6) is -2.63. The molecule has 2 fully saturated rings. The third-order valence-electron chi connectivity index (χ3n) is 6.21. The van der Waals surface area contributed by atoms with Crippen molar-refractivity contribution in [1.29, 1.82) is 0 Å². The van der Waals surface area contributed by atoms with E-state index in [1.54, 1.807) is 4.90 Å². The number of piperazine rings is 1. The van der Waals surface area contributed by atoms with Gasteiger partial charge in [-0.25, -0.2) is 0 Å². The molecule has 1 aromatic carbocycles. The van der Waals surface area contributed by atoms with E-state index in [1.807, 2.05) is 24.3 Å². The first kappa shape index (κ1) is 21.7. The van der Waals surface area contributed by atoms with E-state index >= 15 is 0 Å². The summed E-state index contributed by atoms with van der Waals surface area (Å²) >= 11 is 0. The van der Waals surface area contributed by atoms with Gasteiger partial charge in [-0.3, -0.25) is 9.59 Å². The average Bonchev–Trinajstić information content (AvgIpc) is 2.72. The van der Waals surface area contributed by atoms with E-state index in [9.17, 15) is 22.8 Å². The second-order valence-electron chi connectivity index (χ2n) is 8.43. The molecule has 160 valence electrons. The van der Waals surface area contributed by atoms with Gasteiger partial charge in [0.25, 0.3) is 5.91 Å². The summed E-state index contributed by atoms with van der Waals surface area (Å²) in [6, 6.07) is 7.51. The number of carbonyl (C=O) groups excluding carboxylic acids is 2. The van der Waals surface area contributed by atoms with Crippen molar-refractivity contribution < 1.29 is 22.8 Å². The van der Waals surface area contributed by atoms with Gasteiger partial charge in [-0.15, -0.1) is 0 Å². The molecule has 3 rings (SSSR count). The predicted octanol–water partition coefficient (Wildman–Crippen LogP) is 4.46. The van der Waals surface area contributed by atoms with Gasteiger partial charge in [-0.2, -0.15) is 13.2 Å². The molecule has 2 amide bonds. The molecule has 1 saturated carbocycles. The van der Waals surface area contributed by atoms with Crippen molar-refractivity contribution in [2.75, 3.05) is 26.2 Å². The molecule has 7 heteroatoms. The van der Waals surface area contributed by atoms with Crippen LogP contribution in [0.15, 0.2) is 24.3 Å². The minimum absolute atomic E-state index is 0.0325. The van der Waals surface area contributed by atoms with Gasteiger partial charge in [0.1, 0.15) is 0 Å². The second kappa shape index (κ2) is 8.76. The molecule has 0 N–H and O–H groups in total. The van der Waals surface area contributed by atoms with Crippen molar-refractivity contribution >= 4 is 11.8 Å². The Labute approximate surface area is 170 Å². The summed E-state index contributed by atoms with van der Waals surface area (Å²) in [6.45, 7) is 5.44. The lowest BCUT2D eigenvalue weighted by molar-refractivity contribution is -0.201. The monoisotopic (exact) mass is 410 g/mol. The molecule has 2 aliphatic rings. The minimum Gasteiger partial charge on any atom is -0.339 e. The molecule has 0 radical (unpaired) electrons. The molecule has 0 spiro atoms. The third kappa shape index (κ3) is 4.93. The number of benzene rings is 1. The highest BCUT2D eigenvalue weighted by molar-refractivity contribution is 5.94. The molecule has 1 aliphatic carbocycles. The van der Waals surface area contributed by atoms with E-state index in [0.29, 0.717) is 43.8 Å². The fraction of sp³-hybridized carbons (Fsp3) is 0.636. The Morgan fingerprint density at radius 3 is 2.03 bits per heavy atom. The molecular formula is C22H29F3N2O2. The molecule has 2 unspecified atom stereocenters. The first-order chi connectivity index (χ1) is 13.7. The average molecular weight is 410 g/mol. The summed E-state index contributed by atoms with van der Waals surface area (Å²) in [7, 11) is 0. The molecule has 1 aliphatic heterocycles. The van der Waals surface area contributed by atoms with Crippen molar-refractivity contribution in [3.05, 3.63) is 35.4 Å². The standard InChI is InChI=1S/C22H29F3N2O2/c1-15(2)16-7-9-17(10-8-16)20(28)26-11-13-27(14-12-26)21(29)18-5-3-4-6-19(18)22(23,24)25/h7-10,15,18-19H,3-6,11-14H2,1-2H3. The smallest absolute Gasteiger partial charge is 0.339 e. The third-order valence-corrected chi connectivity index (χ3v) is 6.21. The normalized spacial score (nSPS) is 23.4. The summed E-state index contributed by atoms with van der Waals surface area (Å²) < 4.78 is 40.0. The van der Waals surface area contributed by atoms with Crippen LogP contribution in [0.3, 0.4) is 0 Å². The number of nitrogens with zero attached hydrogens (tertiary/aromatic N) is 2. The van der Waals surface area contributed by atoms with E-state index in [0.717, 1.165) is 5.56 Å². The number of hydrogen-bond donors (Lipinski definition) is 0. The van der Waals surface area contributed by atoms with Crippen molar-refractivity contribution in [1.82, 2.24) is 9.80 Å². The molecule has 1 saturated heterocycles. The highest BCUT2D eigenvalue weighted by Gasteiger charge is 2.49. The van der Waals surface area contributed by atoms with Gasteiger partial charge in [0.2, 0.25) is 5.91 Å². The van der Waals surface area contributed by atoms with Crippen molar-refractivity contribution in [2.45, 2.75) is 51.6 Å². The molecule has 1 aromatic rings. The highest BCUT2D eigenvalue weighted by atomic mass is 19.4. The van der Waals surface area contributed by atoms with E-state index in [2.05, 4.69) is 13.8 Å². The van der Waals surface area contributed by atoms with Crippen molar-refractivity contribution in [3.8, 4) is 0 Å². The van der Waals surface area contributed by atoms with Gasteiger partial charge in [0.15, 0.2) is 0 Å². The van der Waals surface area contributed by atoms with Crippen molar-refractivity contribution in [3.63, 3.8) is 0 Å². The van der Waals surface area contributed by atoms with E-state index in [1.165, 1.54) is 4.90 Å². The largest absolute Gasteiger partial charge is 0.392 e. The van der Waals surface area contributed by atoms with E-state index in [-0.39, 0.29) is 25.4 Å². The van der Waals surface area contributed by atoms with E-state index in [4.69, 9.17) is 0 Å². The maximum absolute atomic E-state index is 13.3. The zero-order valence-electron chi connectivity index (χ0n) is 17.0. The summed E-state index contributed by atoms with van der Waals surface area (Å²) in [4.78, 5) is 28.7. The van der Waals surface area contributed by atoms with Gasteiger partial charge in [-0.05, 0) is 36.5 Å². The lowest BCUT2D eigenvalue weighted by Crippen LogP contribution is -2.53. The quantitative estimate of drug-likeness (QED) is 0.738. The fourth-order valence-corrected chi connectivity index (χ4v) is 4.38. The van der Waals surface area contributed by atoms with Crippen LogP contribution in [0.1, 0.15) is 61.4 Å². The van der Waals surface area contributed by atoms with Crippen LogP contribution < -0.4 is 0 Å². The predicted molar refractivity (Wildman–Crippen MR) is 105 cm³/mol. The van der Waals surface area contributed by atoms with Crippen LogP contribution in [-0.2, 0) is 4.79 Å².